The second-order valence-corrected chi connectivity index (χ2v) is 3.67. The van der Waals surface area contributed by atoms with Gasteiger partial charge in [-0.1, -0.05) is 0 Å². The Morgan fingerprint density at radius 2 is 2.30 bits per heavy atom. The molecule has 0 aliphatic carbocycles. The van der Waals surface area contributed by atoms with Gasteiger partial charge in [-0.25, -0.2) is 0 Å². The van der Waals surface area contributed by atoms with Crippen molar-refractivity contribution in [2.45, 2.75) is 0 Å². The van der Waals surface area contributed by atoms with Gasteiger partial charge >= 0.3 is 71.6 Å². The Kier molecular flexibility index (Phi) is 1.41. The van der Waals surface area contributed by atoms with Gasteiger partial charge < -0.3 is 0 Å². The molecule has 0 fully saturated rings. The SMILES string of the molecule is [Sn][c]1cccc2[nH]ncc12. The van der Waals surface area contributed by atoms with Crippen LogP contribution in [0.2, 0.25) is 0 Å². The van der Waals surface area contributed by atoms with E-state index in [0.29, 0.717) is 0 Å². The number of H-pyrrole nitrogens is 1. The summed E-state index contributed by atoms with van der Waals surface area (Å²) in [5.74, 6) is 0. The van der Waals surface area contributed by atoms with Crippen LogP contribution >= 0.6 is 0 Å². The molecule has 0 saturated carbocycles. The molecule has 0 saturated heterocycles. The maximum absolute atomic E-state index is 3.95. The molecule has 0 amide bonds. The summed E-state index contributed by atoms with van der Waals surface area (Å²) < 4.78 is 1.36. The van der Waals surface area contributed by atoms with Crippen LogP contribution in [0.15, 0.2) is 24.4 Å². The Balaban J connectivity index is 2.95. The average Bonchev–Trinajstić information content (AvgIpc) is 2.36. The number of hydrogen-bond donors (Lipinski definition) is 1. The van der Waals surface area contributed by atoms with Gasteiger partial charge in [-0.3, -0.25) is 0 Å². The van der Waals surface area contributed by atoms with Gasteiger partial charge in [-0.05, 0) is 0 Å². The molecule has 0 unspecified atom stereocenters. The average molecular weight is 236 g/mol. The standard InChI is InChI=1S/C7H5N2.Sn/c1-2-4-7-6(3-1)5-8-9-7;/h1-2,4-5H,(H,8,9);. The molecule has 1 N–H and O–H groups in total. The molecule has 1 aromatic heterocycles. The van der Waals surface area contributed by atoms with Gasteiger partial charge in [0.15, 0.2) is 0 Å². The second-order valence-electron chi connectivity index (χ2n) is 2.14. The zero-order valence-corrected chi connectivity index (χ0v) is 8.11. The molecule has 3 radical (unpaired) electrons. The summed E-state index contributed by atoms with van der Waals surface area (Å²) in [6.07, 6.45) is 1.87. The first kappa shape index (κ1) is 6.22. The molecule has 0 bridgehead atoms. The van der Waals surface area contributed by atoms with E-state index >= 15 is 0 Å². The Morgan fingerprint density at radius 3 is 3.10 bits per heavy atom. The minimum atomic E-state index is 1.13. The Hall–Kier alpha value is -0.511. The van der Waals surface area contributed by atoms with E-state index in [1.54, 1.807) is 0 Å². The van der Waals surface area contributed by atoms with Crippen molar-refractivity contribution < 1.29 is 0 Å². The number of benzene rings is 1. The summed E-state index contributed by atoms with van der Waals surface area (Å²) in [6.45, 7) is 0. The summed E-state index contributed by atoms with van der Waals surface area (Å²) >= 11 is 1.44. The molecule has 2 nitrogen and oxygen atoms in total. The van der Waals surface area contributed by atoms with E-state index in [1.807, 2.05) is 18.3 Å². The van der Waals surface area contributed by atoms with E-state index in [-0.39, 0.29) is 0 Å². The van der Waals surface area contributed by atoms with Crippen LogP contribution in [0.25, 0.3) is 10.9 Å². The molecule has 2 rings (SSSR count). The van der Waals surface area contributed by atoms with Gasteiger partial charge in [0.05, 0.1) is 0 Å². The molecule has 47 valence electrons. The quantitative estimate of drug-likeness (QED) is 0.657. The molecule has 10 heavy (non-hydrogen) atoms. The fourth-order valence-electron chi connectivity index (χ4n) is 0.968. The zero-order valence-electron chi connectivity index (χ0n) is 5.26. The number of rotatable bonds is 0. The minimum absolute atomic E-state index is 1.13. The third kappa shape index (κ3) is 0.830. The monoisotopic (exact) mass is 237 g/mol. The second kappa shape index (κ2) is 2.27. The number of aromatic nitrogens is 2. The van der Waals surface area contributed by atoms with E-state index < -0.39 is 0 Å². The summed E-state index contributed by atoms with van der Waals surface area (Å²) in [7, 11) is 0. The van der Waals surface area contributed by atoms with Crippen LogP contribution in [0.1, 0.15) is 0 Å². The number of fused-ring (bicyclic) bond motifs is 1. The predicted molar refractivity (Wildman–Crippen MR) is 41.5 cm³/mol. The van der Waals surface area contributed by atoms with E-state index in [1.165, 1.54) is 31.5 Å². The van der Waals surface area contributed by atoms with Crippen LogP contribution in [-0.2, 0) is 0 Å². The summed E-state index contributed by atoms with van der Waals surface area (Å²) in [6, 6.07) is 6.20. The first-order valence-electron chi connectivity index (χ1n) is 3.01. The molecular formula is C7H5N2Sn. The fraction of sp³-hybridized carbons (Fsp3) is 0. The summed E-state index contributed by atoms with van der Waals surface area (Å²) in [4.78, 5) is 0. The maximum atomic E-state index is 3.95. The van der Waals surface area contributed by atoms with E-state index in [4.69, 9.17) is 0 Å². The van der Waals surface area contributed by atoms with Crippen molar-refractivity contribution >= 4 is 37.0 Å². The van der Waals surface area contributed by atoms with Crippen molar-refractivity contribution in [2.24, 2.45) is 0 Å². The Labute approximate surface area is 71.7 Å². The first-order chi connectivity index (χ1) is 4.88. The Bertz CT molecular complexity index is 353. The first-order valence-corrected chi connectivity index (χ1v) is 4.44. The van der Waals surface area contributed by atoms with Gasteiger partial charge in [-0.15, -0.1) is 0 Å². The van der Waals surface area contributed by atoms with Crippen LogP contribution in [0.5, 0.6) is 0 Å². The number of hydrogen-bond acceptors (Lipinski definition) is 1. The van der Waals surface area contributed by atoms with Crippen LogP contribution in [0.4, 0.5) is 0 Å². The molecular weight excluding hydrogens is 231 g/mol. The van der Waals surface area contributed by atoms with E-state index in [2.05, 4.69) is 16.3 Å². The van der Waals surface area contributed by atoms with Crippen molar-refractivity contribution in [3.8, 4) is 0 Å². The summed E-state index contributed by atoms with van der Waals surface area (Å²) in [5, 5.41) is 8.13. The van der Waals surface area contributed by atoms with Gasteiger partial charge in [0.2, 0.25) is 0 Å². The van der Waals surface area contributed by atoms with Crippen LogP contribution in [-0.4, -0.2) is 32.7 Å². The van der Waals surface area contributed by atoms with Crippen molar-refractivity contribution in [3.63, 3.8) is 0 Å². The van der Waals surface area contributed by atoms with Gasteiger partial charge in [0.1, 0.15) is 0 Å². The zero-order chi connectivity index (χ0) is 6.97. The fourth-order valence-corrected chi connectivity index (χ4v) is 1.81. The van der Waals surface area contributed by atoms with E-state index in [0.717, 1.165) is 5.52 Å². The number of nitrogens with one attached hydrogen (secondary N) is 1. The molecule has 1 heterocycles. The van der Waals surface area contributed by atoms with Crippen molar-refractivity contribution in [3.05, 3.63) is 24.4 Å². The van der Waals surface area contributed by atoms with Crippen molar-refractivity contribution in [2.75, 3.05) is 0 Å². The Morgan fingerprint density at radius 1 is 1.40 bits per heavy atom. The molecule has 0 aliphatic heterocycles. The van der Waals surface area contributed by atoms with Gasteiger partial charge in [0.25, 0.3) is 0 Å². The molecule has 1 aromatic carbocycles. The van der Waals surface area contributed by atoms with Crippen molar-refractivity contribution in [1.29, 1.82) is 0 Å². The molecule has 0 spiro atoms. The van der Waals surface area contributed by atoms with Crippen LogP contribution in [0.3, 0.4) is 0 Å². The number of nitrogens with zero attached hydrogens (tertiary/aromatic N) is 1. The third-order valence-corrected chi connectivity index (χ3v) is 2.73. The topological polar surface area (TPSA) is 28.7 Å². The molecule has 3 heteroatoms. The number of aromatic amines is 1. The normalized spacial score (nSPS) is 10.5. The summed E-state index contributed by atoms with van der Waals surface area (Å²) in [5.41, 5.74) is 1.13. The van der Waals surface area contributed by atoms with Crippen molar-refractivity contribution in [1.82, 2.24) is 10.2 Å². The van der Waals surface area contributed by atoms with Gasteiger partial charge in [0, 0.05) is 0 Å². The molecule has 0 atom stereocenters. The van der Waals surface area contributed by atoms with Crippen LogP contribution < -0.4 is 3.58 Å². The predicted octanol–water partition coefficient (Wildman–Crippen LogP) is 0.357. The third-order valence-electron chi connectivity index (χ3n) is 1.48. The van der Waals surface area contributed by atoms with E-state index in [9.17, 15) is 0 Å². The molecule has 2 aromatic rings. The van der Waals surface area contributed by atoms with Gasteiger partial charge in [-0.2, -0.15) is 0 Å². The molecule has 0 aliphatic rings. The van der Waals surface area contributed by atoms with Crippen LogP contribution in [0, 0.1) is 0 Å².